The molecule has 0 aromatic rings. The molecule has 0 fully saturated rings. The Labute approximate surface area is 104 Å². The molecule has 0 aromatic carbocycles. The molecule has 0 saturated heterocycles. The summed E-state index contributed by atoms with van der Waals surface area (Å²) in [5, 5.41) is 0. The van der Waals surface area contributed by atoms with Crippen molar-refractivity contribution < 1.29 is 0 Å². The lowest BCUT2D eigenvalue weighted by Crippen LogP contribution is -2.27. The standard InChI is InChI=1S/C15H33N/c1-12(2)10-14(5)11-16(7)9-8-15(6)13(3)4/h12-15H,8-11H2,1-7H3. The van der Waals surface area contributed by atoms with Crippen LogP contribution in [0, 0.1) is 23.7 Å². The molecule has 1 heteroatoms. The molecule has 0 radical (unpaired) electrons. The maximum Gasteiger partial charge on any atom is 0.000407 e. The van der Waals surface area contributed by atoms with E-state index >= 15 is 0 Å². The van der Waals surface area contributed by atoms with Crippen LogP contribution in [0.2, 0.25) is 0 Å². The van der Waals surface area contributed by atoms with Crippen molar-refractivity contribution in [3.63, 3.8) is 0 Å². The van der Waals surface area contributed by atoms with Crippen LogP contribution in [-0.2, 0) is 0 Å². The van der Waals surface area contributed by atoms with Gasteiger partial charge in [-0.3, -0.25) is 0 Å². The van der Waals surface area contributed by atoms with Gasteiger partial charge >= 0.3 is 0 Å². The zero-order chi connectivity index (χ0) is 12.7. The molecule has 1 nitrogen and oxygen atoms in total. The van der Waals surface area contributed by atoms with Gasteiger partial charge in [-0.2, -0.15) is 0 Å². The maximum atomic E-state index is 2.51. The van der Waals surface area contributed by atoms with Crippen molar-refractivity contribution >= 4 is 0 Å². The number of rotatable bonds is 8. The predicted molar refractivity (Wildman–Crippen MR) is 74.7 cm³/mol. The van der Waals surface area contributed by atoms with E-state index in [9.17, 15) is 0 Å². The molecule has 2 unspecified atom stereocenters. The fourth-order valence-electron chi connectivity index (χ4n) is 2.26. The van der Waals surface area contributed by atoms with Gasteiger partial charge in [-0.1, -0.05) is 41.5 Å². The second kappa shape index (κ2) is 8.11. The van der Waals surface area contributed by atoms with E-state index in [1.54, 1.807) is 0 Å². The lowest BCUT2D eigenvalue weighted by atomic mass is 9.94. The van der Waals surface area contributed by atoms with Gasteiger partial charge in [0.05, 0.1) is 0 Å². The van der Waals surface area contributed by atoms with E-state index in [2.05, 4.69) is 53.5 Å². The average molecular weight is 227 g/mol. The van der Waals surface area contributed by atoms with Crippen LogP contribution in [0.25, 0.3) is 0 Å². The van der Waals surface area contributed by atoms with Gasteiger partial charge in [0.1, 0.15) is 0 Å². The van der Waals surface area contributed by atoms with Crippen LogP contribution in [0.15, 0.2) is 0 Å². The van der Waals surface area contributed by atoms with Crippen LogP contribution in [0.5, 0.6) is 0 Å². The highest BCUT2D eigenvalue weighted by Crippen LogP contribution is 2.16. The lowest BCUT2D eigenvalue weighted by molar-refractivity contribution is 0.238. The van der Waals surface area contributed by atoms with E-state index in [4.69, 9.17) is 0 Å². The molecular weight excluding hydrogens is 194 g/mol. The third-order valence-corrected chi connectivity index (χ3v) is 3.60. The molecule has 0 rings (SSSR count). The fourth-order valence-corrected chi connectivity index (χ4v) is 2.26. The molecule has 0 amide bonds. The molecule has 0 aliphatic heterocycles. The van der Waals surface area contributed by atoms with Crippen molar-refractivity contribution in [3.05, 3.63) is 0 Å². The van der Waals surface area contributed by atoms with Gasteiger partial charge in [0, 0.05) is 6.54 Å². The van der Waals surface area contributed by atoms with Crippen LogP contribution in [-0.4, -0.2) is 25.0 Å². The van der Waals surface area contributed by atoms with Gasteiger partial charge in [-0.15, -0.1) is 0 Å². The fraction of sp³-hybridized carbons (Fsp3) is 1.00. The first-order chi connectivity index (χ1) is 7.32. The van der Waals surface area contributed by atoms with Crippen molar-refractivity contribution in [2.45, 2.75) is 54.4 Å². The molecule has 16 heavy (non-hydrogen) atoms. The summed E-state index contributed by atoms with van der Waals surface area (Å²) in [4.78, 5) is 2.51. The summed E-state index contributed by atoms with van der Waals surface area (Å²) in [5.41, 5.74) is 0. The smallest absolute Gasteiger partial charge is 0.000407 e. The van der Waals surface area contributed by atoms with Crippen molar-refractivity contribution in [1.29, 1.82) is 0 Å². The summed E-state index contributed by atoms with van der Waals surface area (Å²) < 4.78 is 0. The predicted octanol–water partition coefficient (Wildman–Crippen LogP) is 4.28. The monoisotopic (exact) mass is 227 g/mol. The lowest BCUT2D eigenvalue weighted by Gasteiger charge is -2.24. The Kier molecular flexibility index (Phi) is 8.09. The van der Waals surface area contributed by atoms with Crippen LogP contribution in [0.1, 0.15) is 54.4 Å². The highest BCUT2D eigenvalue weighted by molar-refractivity contribution is 4.64. The van der Waals surface area contributed by atoms with Crippen LogP contribution < -0.4 is 0 Å². The molecule has 0 heterocycles. The molecular formula is C15H33N. The Hall–Kier alpha value is -0.0400. The zero-order valence-corrected chi connectivity index (χ0v) is 12.6. The molecule has 98 valence electrons. The molecule has 0 aliphatic rings. The Morgan fingerprint density at radius 2 is 1.50 bits per heavy atom. The Morgan fingerprint density at radius 1 is 0.938 bits per heavy atom. The van der Waals surface area contributed by atoms with Gasteiger partial charge in [0.15, 0.2) is 0 Å². The molecule has 0 aromatic heterocycles. The minimum Gasteiger partial charge on any atom is -0.306 e. The Morgan fingerprint density at radius 3 is 1.94 bits per heavy atom. The zero-order valence-electron chi connectivity index (χ0n) is 12.6. The molecule has 0 aliphatic carbocycles. The van der Waals surface area contributed by atoms with E-state index in [1.165, 1.54) is 25.9 Å². The summed E-state index contributed by atoms with van der Waals surface area (Å²) in [6, 6.07) is 0. The molecule has 2 atom stereocenters. The number of hydrogen-bond acceptors (Lipinski definition) is 1. The highest BCUT2D eigenvalue weighted by Gasteiger charge is 2.11. The summed E-state index contributed by atoms with van der Waals surface area (Å²) in [6.07, 6.45) is 2.69. The van der Waals surface area contributed by atoms with Gasteiger partial charge < -0.3 is 4.90 Å². The van der Waals surface area contributed by atoms with Crippen molar-refractivity contribution in [2.75, 3.05) is 20.1 Å². The summed E-state index contributed by atoms with van der Waals surface area (Å²) >= 11 is 0. The first-order valence-electron chi connectivity index (χ1n) is 7.01. The Bertz CT molecular complexity index is 163. The largest absolute Gasteiger partial charge is 0.306 e. The molecule has 0 N–H and O–H groups in total. The highest BCUT2D eigenvalue weighted by atomic mass is 15.1. The van der Waals surface area contributed by atoms with E-state index in [-0.39, 0.29) is 0 Å². The van der Waals surface area contributed by atoms with E-state index in [0.717, 1.165) is 23.7 Å². The third-order valence-electron chi connectivity index (χ3n) is 3.60. The SMILES string of the molecule is CC(C)CC(C)CN(C)CCC(C)C(C)C. The van der Waals surface area contributed by atoms with Gasteiger partial charge in [0.25, 0.3) is 0 Å². The quantitative estimate of drug-likeness (QED) is 0.598. The van der Waals surface area contributed by atoms with Crippen LogP contribution in [0.3, 0.4) is 0 Å². The van der Waals surface area contributed by atoms with E-state index < -0.39 is 0 Å². The Balaban J connectivity index is 3.69. The molecule has 0 spiro atoms. The minimum atomic E-state index is 0.821. The van der Waals surface area contributed by atoms with Crippen LogP contribution in [0.4, 0.5) is 0 Å². The minimum absolute atomic E-state index is 0.821. The summed E-state index contributed by atoms with van der Waals surface area (Å²) in [5.74, 6) is 3.33. The van der Waals surface area contributed by atoms with Crippen LogP contribution >= 0.6 is 0 Å². The molecule has 0 saturated carbocycles. The van der Waals surface area contributed by atoms with Gasteiger partial charge in [-0.25, -0.2) is 0 Å². The number of hydrogen-bond donors (Lipinski definition) is 0. The second-order valence-electron chi connectivity index (χ2n) is 6.51. The molecule has 0 bridgehead atoms. The first-order valence-corrected chi connectivity index (χ1v) is 7.01. The second-order valence-corrected chi connectivity index (χ2v) is 6.51. The maximum absolute atomic E-state index is 2.51. The summed E-state index contributed by atoms with van der Waals surface area (Å²) in [7, 11) is 2.27. The topological polar surface area (TPSA) is 3.24 Å². The van der Waals surface area contributed by atoms with Crippen molar-refractivity contribution in [1.82, 2.24) is 4.90 Å². The van der Waals surface area contributed by atoms with Crippen molar-refractivity contribution in [3.8, 4) is 0 Å². The number of nitrogens with zero attached hydrogens (tertiary/aromatic N) is 1. The third kappa shape index (κ3) is 8.15. The average Bonchev–Trinajstić information content (AvgIpc) is 2.12. The van der Waals surface area contributed by atoms with E-state index in [1.807, 2.05) is 0 Å². The first kappa shape index (κ1) is 16.0. The summed E-state index contributed by atoms with van der Waals surface area (Å²) in [6.45, 7) is 16.5. The normalized spacial score (nSPS) is 16.1. The van der Waals surface area contributed by atoms with Gasteiger partial charge in [-0.05, 0) is 50.1 Å². The van der Waals surface area contributed by atoms with Crippen molar-refractivity contribution in [2.24, 2.45) is 23.7 Å². The van der Waals surface area contributed by atoms with Gasteiger partial charge in [0.2, 0.25) is 0 Å². The van der Waals surface area contributed by atoms with E-state index in [0.29, 0.717) is 0 Å².